The molecule has 2 aromatic carbocycles. The fraction of sp³-hybridized carbons (Fsp3) is 0.217. The number of aryl methyl sites for hydroxylation is 1. The van der Waals surface area contributed by atoms with Crippen molar-refractivity contribution in [3.8, 4) is 0 Å². The van der Waals surface area contributed by atoms with Crippen LogP contribution in [0.2, 0.25) is 19.6 Å². The second-order valence-corrected chi connectivity index (χ2v) is 13.5. The zero-order valence-electron chi connectivity index (χ0n) is 16.5. The molecule has 3 nitrogen and oxygen atoms in total. The molecule has 0 aliphatic heterocycles. The highest BCUT2D eigenvalue weighted by molar-refractivity contribution is 6.90. The van der Waals surface area contributed by atoms with Crippen LogP contribution >= 0.6 is 0 Å². The second kappa shape index (κ2) is 5.39. The maximum atomic E-state index is 4.72. The second-order valence-electron chi connectivity index (χ2n) is 8.52. The van der Waals surface area contributed by atoms with Gasteiger partial charge in [-0.2, -0.15) is 0 Å². The van der Waals surface area contributed by atoms with Gasteiger partial charge in [-0.15, -0.1) is 0 Å². The summed E-state index contributed by atoms with van der Waals surface area (Å²) in [4.78, 5) is 9.10. The number of hydrogen-bond donors (Lipinski definition) is 0. The fourth-order valence-electron chi connectivity index (χ4n) is 4.60. The topological polar surface area (TPSA) is 30.2 Å². The maximum absolute atomic E-state index is 4.72. The van der Waals surface area contributed by atoms with Crippen molar-refractivity contribution in [2.75, 3.05) is 0 Å². The first kappa shape index (κ1) is 16.5. The third kappa shape index (κ3) is 2.20. The Bertz CT molecular complexity index is 1370. The Labute approximate surface area is 159 Å². The van der Waals surface area contributed by atoms with E-state index in [1.807, 2.05) is 6.20 Å². The molecule has 0 bridgehead atoms. The first-order chi connectivity index (χ1) is 12.9. The molecule has 5 aromatic rings. The molecule has 4 heteroatoms. The minimum Gasteiger partial charge on any atom is -0.313 e. The number of fused-ring (bicyclic) bond motifs is 7. The van der Waals surface area contributed by atoms with Crippen molar-refractivity contribution >= 4 is 51.4 Å². The molecule has 0 N–H and O–H groups in total. The van der Waals surface area contributed by atoms with Gasteiger partial charge in [-0.25, -0.2) is 9.97 Å². The summed E-state index contributed by atoms with van der Waals surface area (Å²) in [5, 5.41) is 6.39. The first-order valence-corrected chi connectivity index (χ1v) is 12.9. The van der Waals surface area contributed by atoms with Gasteiger partial charge in [-0.1, -0.05) is 43.9 Å². The third-order valence-corrected chi connectivity index (χ3v) is 7.90. The largest absolute Gasteiger partial charge is 0.313 e. The molecule has 0 saturated carbocycles. The Morgan fingerprint density at radius 1 is 0.926 bits per heavy atom. The van der Waals surface area contributed by atoms with Gasteiger partial charge in [0.25, 0.3) is 0 Å². The average Bonchev–Trinajstić information content (AvgIpc) is 2.92. The van der Waals surface area contributed by atoms with Crippen LogP contribution in [0.5, 0.6) is 0 Å². The Kier molecular flexibility index (Phi) is 3.29. The van der Waals surface area contributed by atoms with E-state index in [2.05, 4.69) is 79.3 Å². The minimum atomic E-state index is -1.56. The molecule has 0 fully saturated rings. The van der Waals surface area contributed by atoms with E-state index in [9.17, 15) is 0 Å². The molecule has 0 atom stereocenters. The normalized spacial score (nSPS) is 12.6. The number of hydrogen-bond acceptors (Lipinski definition) is 2. The number of pyridine rings is 1. The van der Waals surface area contributed by atoms with Gasteiger partial charge in [0, 0.05) is 22.7 Å². The summed E-state index contributed by atoms with van der Waals surface area (Å²) in [5.74, 6) is 0. The van der Waals surface area contributed by atoms with Gasteiger partial charge in [0.1, 0.15) is 6.33 Å². The lowest BCUT2D eigenvalue weighted by atomic mass is 10.0. The number of rotatable bonds is 1. The Morgan fingerprint density at radius 3 is 2.33 bits per heavy atom. The van der Waals surface area contributed by atoms with Gasteiger partial charge in [0.2, 0.25) is 0 Å². The molecule has 27 heavy (non-hydrogen) atoms. The van der Waals surface area contributed by atoms with E-state index in [0.29, 0.717) is 0 Å². The van der Waals surface area contributed by atoms with Crippen LogP contribution in [0.3, 0.4) is 0 Å². The highest BCUT2D eigenvalue weighted by atomic mass is 28.3. The van der Waals surface area contributed by atoms with Crippen LogP contribution in [0, 0.1) is 13.8 Å². The molecular weight excluding hydrogens is 346 g/mol. The van der Waals surface area contributed by atoms with Crippen molar-refractivity contribution < 1.29 is 0 Å². The molecule has 3 heterocycles. The Morgan fingerprint density at radius 2 is 1.63 bits per heavy atom. The zero-order chi connectivity index (χ0) is 18.9. The smallest absolute Gasteiger partial charge is 0.116 e. The summed E-state index contributed by atoms with van der Waals surface area (Å²) < 4.78 is 2.45. The van der Waals surface area contributed by atoms with Crippen LogP contribution in [-0.4, -0.2) is 22.4 Å². The lowest BCUT2D eigenvalue weighted by Crippen LogP contribution is -2.39. The van der Waals surface area contributed by atoms with E-state index in [4.69, 9.17) is 4.98 Å². The van der Waals surface area contributed by atoms with Gasteiger partial charge in [0.15, 0.2) is 0 Å². The monoisotopic (exact) mass is 369 g/mol. The summed E-state index contributed by atoms with van der Waals surface area (Å²) in [6.45, 7) is 11.8. The molecule has 0 amide bonds. The van der Waals surface area contributed by atoms with Crippen molar-refractivity contribution in [2.45, 2.75) is 33.5 Å². The maximum Gasteiger partial charge on any atom is 0.116 e. The van der Waals surface area contributed by atoms with E-state index in [-0.39, 0.29) is 0 Å². The van der Waals surface area contributed by atoms with E-state index < -0.39 is 8.07 Å². The fourth-order valence-corrected chi connectivity index (χ4v) is 6.86. The third-order valence-electron chi connectivity index (χ3n) is 5.79. The van der Waals surface area contributed by atoms with Gasteiger partial charge in [-0.3, -0.25) is 0 Å². The average molecular weight is 370 g/mol. The lowest BCUT2D eigenvalue weighted by Gasteiger charge is -2.18. The van der Waals surface area contributed by atoms with Gasteiger partial charge in [0.05, 0.1) is 24.6 Å². The van der Waals surface area contributed by atoms with Crippen LogP contribution < -0.4 is 5.19 Å². The SMILES string of the molecule is Cc1c([Si](C)(C)C)c2c3cncnc3c3cc4ccccc4cc3n2c1C. The summed E-state index contributed by atoms with van der Waals surface area (Å²) in [7, 11) is -1.56. The molecular formula is C23H23N3Si. The van der Waals surface area contributed by atoms with Crippen LogP contribution in [0.4, 0.5) is 0 Å². The molecule has 3 aromatic heterocycles. The quantitative estimate of drug-likeness (QED) is 0.226. The van der Waals surface area contributed by atoms with Crippen LogP contribution in [0.15, 0.2) is 48.9 Å². The highest BCUT2D eigenvalue weighted by Crippen LogP contribution is 2.33. The van der Waals surface area contributed by atoms with Gasteiger partial charge in [-0.05, 0) is 47.5 Å². The molecule has 0 aliphatic carbocycles. The van der Waals surface area contributed by atoms with Crippen molar-refractivity contribution in [1.82, 2.24) is 14.4 Å². The summed E-state index contributed by atoms with van der Waals surface area (Å²) in [5.41, 5.74) is 6.34. The standard InChI is InChI=1S/C23H23N3Si/c1-14-15(2)26-20-11-17-9-7-6-8-16(17)10-18(20)21-19(12-24-13-25-21)22(26)23(14)27(3,4)5/h6-13H,1-5H3. The van der Waals surface area contributed by atoms with E-state index in [1.54, 1.807) is 6.33 Å². The molecule has 0 saturated heterocycles. The van der Waals surface area contributed by atoms with Crippen molar-refractivity contribution in [1.29, 1.82) is 0 Å². The number of benzene rings is 2. The van der Waals surface area contributed by atoms with Gasteiger partial charge < -0.3 is 4.40 Å². The lowest BCUT2D eigenvalue weighted by molar-refractivity contribution is 1.14. The number of nitrogens with zero attached hydrogens (tertiary/aromatic N) is 3. The van der Waals surface area contributed by atoms with Crippen LogP contribution in [0.25, 0.3) is 38.1 Å². The van der Waals surface area contributed by atoms with E-state index in [1.165, 1.54) is 43.6 Å². The summed E-state index contributed by atoms with van der Waals surface area (Å²) in [6.07, 6.45) is 3.67. The summed E-state index contributed by atoms with van der Waals surface area (Å²) in [6, 6.07) is 13.2. The predicted molar refractivity (Wildman–Crippen MR) is 118 cm³/mol. The van der Waals surface area contributed by atoms with Crippen molar-refractivity contribution in [3.63, 3.8) is 0 Å². The first-order valence-electron chi connectivity index (χ1n) is 9.44. The van der Waals surface area contributed by atoms with Gasteiger partial charge >= 0.3 is 0 Å². The Hall–Kier alpha value is -2.72. The zero-order valence-corrected chi connectivity index (χ0v) is 17.5. The van der Waals surface area contributed by atoms with E-state index in [0.717, 1.165) is 10.9 Å². The Balaban J connectivity index is 2.17. The van der Waals surface area contributed by atoms with E-state index >= 15 is 0 Å². The van der Waals surface area contributed by atoms with Crippen LogP contribution in [-0.2, 0) is 0 Å². The molecule has 0 aliphatic rings. The van der Waals surface area contributed by atoms with Crippen molar-refractivity contribution in [3.05, 3.63) is 60.2 Å². The van der Waals surface area contributed by atoms with Crippen LogP contribution in [0.1, 0.15) is 11.3 Å². The highest BCUT2D eigenvalue weighted by Gasteiger charge is 2.28. The summed E-state index contributed by atoms with van der Waals surface area (Å²) >= 11 is 0. The predicted octanol–water partition coefficient (Wildman–Crippen LogP) is 5.35. The molecule has 0 radical (unpaired) electrons. The molecule has 5 rings (SSSR count). The molecule has 0 unspecified atom stereocenters. The number of aromatic nitrogens is 3. The minimum absolute atomic E-state index is 1.05. The molecule has 134 valence electrons. The van der Waals surface area contributed by atoms with Crippen molar-refractivity contribution in [2.24, 2.45) is 0 Å². The molecule has 0 spiro atoms.